The zero-order valence-electron chi connectivity index (χ0n) is 18.8. The van der Waals surface area contributed by atoms with Gasteiger partial charge in [0.25, 0.3) is 11.8 Å². The first-order valence-electron chi connectivity index (χ1n) is 10.5. The fourth-order valence-electron chi connectivity index (χ4n) is 3.03. The van der Waals surface area contributed by atoms with Crippen molar-refractivity contribution in [1.29, 1.82) is 0 Å². The predicted molar refractivity (Wildman–Crippen MR) is 127 cm³/mol. The number of aryl methyl sites for hydroxylation is 1. The van der Waals surface area contributed by atoms with E-state index in [9.17, 15) is 14.4 Å². The van der Waals surface area contributed by atoms with Gasteiger partial charge in [0.15, 0.2) is 6.61 Å². The topological polar surface area (TPSA) is 93.7 Å². The lowest BCUT2D eigenvalue weighted by molar-refractivity contribution is -0.118. The smallest absolute Gasteiger partial charge is 0.338 e. The monoisotopic (exact) mass is 446 g/mol. The second-order valence-corrected chi connectivity index (χ2v) is 7.36. The molecule has 3 aromatic rings. The lowest BCUT2D eigenvalue weighted by Gasteiger charge is -2.11. The van der Waals surface area contributed by atoms with Gasteiger partial charge in [0, 0.05) is 16.9 Å². The average molecular weight is 447 g/mol. The summed E-state index contributed by atoms with van der Waals surface area (Å²) in [6, 6.07) is 18.7. The zero-order valence-corrected chi connectivity index (χ0v) is 18.8. The molecular weight excluding hydrogens is 420 g/mol. The first-order chi connectivity index (χ1) is 15.9. The van der Waals surface area contributed by atoms with Crippen LogP contribution in [0.15, 0.2) is 66.7 Å². The standard InChI is InChI=1S/C26H26N2O5/c1-4-32-26(31)20-8-12-21(13-9-20)27-24(29)16-33-22-14-10-19(11-15-22)25(30)28-23-7-5-6-17(2)18(23)3/h5-15H,4,16H2,1-3H3,(H,27,29)(H,28,30). The fraction of sp³-hybridized carbons (Fsp3) is 0.192. The van der Waals surface area contributed by atoms with Crippen LogP contribution in [0.4, 0.5) is 11.4 Å². The SMILES string of the molecule is CCOC(=O)c1ccc(NC(=O)COc2ccc(C(=O)Nc3cccc(C)c3C)cc2)cc1. The Morgan fingerprint density at radius 2 is 1.48 bits per heavy atom. The van der Waals surface area contributed by atoms with Gasteiger partial charge in [-0.2, -0.15) is 0 Å². The average Bonchev–Trinajstić information content (AvgIpc) is 2.81. The van der Waals surface area contributed by atoms with Gasteiger partial charge in [0.2, 0.25) is 0 Å². The van der Waals surface area contributed by atoms with Crippen LogP contribution in [0.3, 0.4) is 0 Å². The Hall–Kier alpha value is -4.13. The van der Waals surface area contributed by atoms with E-state index in [1.165, 1.54) is 0 Å². The molecule has 0 atom stereocenters. The summed E-state index contributed by atoms with van der Waals surface area (Å²) in [5, 5.41) is 5.61. The minimum Gasteiger partial charge on any atom is -0.484 e. The van der Waals surface area contributed by atoms with Gasteiger partial charge in [0.05, 0.1) is 12.2 Å². The van der Waals surface area contributed by atoms with Crippen molar-refractivity contribution in [3.63, 3.8) is 0 Å². The molecule has 0 saturated heterocycles. The Kier molecular flexibility index (Phi) is 7.81. The Labute approximate surface area is 192 Å². The second-order valence-electron chi connectivity index (χ2n) is 7.36. The first kappa shape index (κ1) is 23.5. The highest BCUT2D eigenvalue weighted by atomic mass is 16.5. The highest BCUT2D eigenvalue weighted by Gasteiger charge is 2.10. The van der Waals surface area contributed by atoms with Crippen molar-refractivity contribution in [2.24, 2.45) is 0 Å². The molecule has 0 aliphatic rings. The van der Waals surface area contributed by atoms with Gasteiger partial charge in [-0.15, -0.1) is 0 Å². The Morgan fingerprint density at radius 1 is 0.818 bits per heavy atom. The van der Waals surface area contributed by atoms with Gasteiger partial charge < -0.3 is 20.1 Å². The van der Waals surface area contributed by atoms with Gasteiger partial charge in [-0.25, -0.2) is 4.79 Å². The molecule has 7 nitrogen and oxygen atoms in total. The molecule has 0 radical (unpaired) electrons. The lowest BCUT2D eigenvalue weighted by atomic mass is 10.1. The van der Waals surface area contributed by atoms with Crippen LogP contribution in [0.2, 0.25) is 0 Å². The molecule has 0 aromatic heterocycles. The highest BCUT2D eigenvalue weighted by molar-refractivity contribution is 6.04. The van der Waals surface area contributed by atoms with Crippen LogP contribution < -0.4 is 15.4 Å². The van der Waals surface area contributed by atoms with E-state index in [1.807, 2.05) is 32.0 Å². The molecule has 33 heavy (non-hydrogen) atoms. The van der Waals surface area contributed by atoms with E-state index in [4.69, 9.17) is 9.47 Å². The zero-order chi connectivity index (χ0) is 23.8. The largest absolute Gasteiger partial charge is 0.484 e. The normalized spacial score (nSPS) is 10.3. The summed E-state index contributed by atoms with van der Waals surface area (Å²) in [5.41, 5.74) is 4.32. The van der Waals surface area contributed by atoms with Gasteiger partial charge in [0.1, 0.15) is 5.75 Å². The summed E-state index contributed by atoms with van der Waals surface area (Å²) in [6.07, 6.45) is 0. The minimum absolute atomic E-state index is 0.201. The molecule has 0 saturated carbocycles. The number of benzene rings is 3. The number of carbonyl (C=O) groups is 3. The quantitative estimate of drug-likeness (QED) is 0.487. The summed E-state index contributed by atoms with van der Waals surface area (Å²) >= 11 is 0. The maximum atomic E-state index is 12.5. The molecule has 2 N–H and O–H groups in total. The molecular formula is C26H26N2O5. The summed E-state index contributed by atoms with van der Waals surface area (Å²) in [6.45, 7) is 5.79. The first-order valence-corrected chi connectivity index (χ1v) is 10.5. The molecule has 170 valence electrons. The summed E-state index contributed by atoms with van der Waals surface area (Å²) in [5.74, 6) is -0.522. The summed E-state index contributed by atoms with van der Waals surface area (Å²) < 4.78 is 10.4. The van der Waals surface area contributed by atoms with Crippen molar-refractivity contribution in [3.05, 3.63) is 89.0 Å². The van der Waals surface area contributed by atoms with Gasteiger partial charge in [-0.05, 0) is 86.5 Å². The number of carbonyl (C=O) groups excluding carboxylic acids is 3. The molecule has 0 unspecified atom stereocenters. The van der Waals surface area contributed by atoms with Crippen molar-refractivity contribution in [3.8, 4) is 5.75 Å². The van der Waals surface area contributed by atoms with Gasteiger partial charge in [-0.3, -0.25) is 9.59 Å². The third kappa shape index (κ3) is 6.43. The lowest BCUT2D eigenvalue weighted by Crippen LogP contribution is -2.20. The summed E-state index contributed by atoms with van der Waals surface area (Å²) in [4.78, 5) is 36.3. The summed E-state index contributed by atoms with van der Waals surface area (Å²) in [7, 11) is 0. The molecule has 2 amide bonds. The number of rotatable bonds is 8. The van der Waals surface area contributed by atoms with E-state index in [0.717, 1.165) is 16.8 Å². The molecule has 0 bridgehead atoms. The number of anilines is 2. The van der Waals surface area contributed by atoms with Crippen LogP contribution in [0.25, 0.3) is 0 Å². The Bertz CT molecular complexity index is 1140. The van der Waals surface area contributed by atoms with E-state index in [2.05, 4.69) is 10.6 Å². The Morgan fingerprint density at radius 3 is 2.15 bits per heavy atom. The van der Waals surface area contributed by atoms with E-state index >= 15 is 0 Å². The number of nitrogens with one attached hydrogen (secondary N) is 2. The number of ether oxygens (including phenoxy) is 2. The van der Waals surface area contributed by atoms with E-state index in [1.54, 1.807) is 55.5 Å². The number of hydrogen-bond donors (Lipinski definition) is 2. The van der Waals surface area contributed by atoms with Gasteiger partial charge >= 0.3 is 5.97 Å². The molecule has 0 aliphatic carbocycles. The molecule has 7 heteroatoms. The van der Waals surface area contributed by atoms with Crippen molar-refractivity contribution in [2.75, 3.05) is 23.8 Å². The van der Waals surface area contributed by atoms with E-state index in [-0.39, 0.29) is 18.4 Å². The highest BCUT2D eigenvalue weighted by Crippen LogP contribution is 2.20. The van der Waals surface area contributed by atoms with Crippen LogP contribution >= 0.6 is 0 Å². The van der Waals surface area contributed by atoms with Crippen LogP contribution in [0, 0.1) is 13.8 Å². The van der Waals surface area contributed by atoms with E-state index in [0.29, 0.717) is 29.2 Å². The molecule has 0 fully saturated rings. The van der Waals surface area contributed by atoms with Crippen LogP contribution in [0.1, 0.15) is 38.8 Å². The van der Waals surface area contributed by atoms with Crippen LogP contribution in [-0.2, 0) is 9.53 Å². The molecule has 0 spiro atoms. The fourth-order valence-corrected chi connectivity index (χ4v) is 3.03. The maximum absolute atomic E-state index is 12.5. The second kappa shape index (κ2) is 10.9. The third-order valence-electron chi connectivity index (χ3n) is 5.02. The van der Waals surface area contributed by atoms with Crippen molar-refractivity contribution >= 4 is 29.2 Å². The minimum atomic E-state index is -0.412. The number of hydrogen-bond acceptors (Lipinski definition) is 5. The van der Waals surface area contributed by atoms with E-state index < -0.39 is 5.97 Å². The van der Waals surface area contributed by atoms with Crippen molar-refractivity contribution < 1.29 is 23.9 Å². The number of esters is 1. The van der Waals surface area contributed by atoms with Crippen LogP contribution in [-0.4, -0.2) is 31.0 Å². The predicted octanol–water partition coefficient (Wildman–Crippen LogP) is 4.75. The van der Waals surface area contributed by atoms with Crippen molar-refractivity contribution in [2.45, 2.75) is 20.8 Å². The molecule has 0 heterocycles. The maximum Gasteiger partial charge on any atom is 0.338 e. The molecule has 3 aromatic carbocycles. The molecule has 0 aliphatic heterocycles. The molecule has 3 rings (SSSR count). The Balaban J connectivity index is 1.50. The van der Waals surface area contributed by atoms with Crippen molar-refractivity contribution in [1.82, 2.24) is 0 Å². The number of amides is 2. The third-order valence-corrected chi connectivity index (χ3v) is 5.02. The van der Waals surface area contributed by atoms with Gasteiger partial charge in [-0.1, -0.05) is 12.1 Å². The van der Waals surface area contributed by atoms with Crippen LogP contribution in [0.5, 0.6) is 5.75 Å².